The molecule has 3 rings (SSSR count). The van der Waals surface area contributed by atoms with Gasteiger partial charge in [0.05, 0.1) is 11.1 Å². The van der Waals surface area contributed by atoms with Crippen LogP contribution in [-0.2, 0) is 12.4 Å². The molecule has 1 aromatic rings. The monoisotopic (exact) mass is 438 g/mol. The predicted octanol–water partition coefficient (Wildman–Crippen LogP) is 5.31. The number of alkyl halides is 6. The third-order valence-electron chi connectivity index (χ3n) is 4.84. The van der Waals surface area contributed by atoms with Crippen molar-refractivity contribution >= 4 is 24.8 Å². The number of piperazine rings is 1. The summed E-state index contributed by atoms with van der Waals surface area (Å²) in [5, 5.41) is 3.16. The van der Waals surface area contributed by atoms with E-state index < -0.39 is 29.5 Å². The van der Waals surface area contributed by atoms with Crippen LogP contribution in [0.3, 0.4) is 0 Å². The highest BCUT2D eigenvalue weighted by molar-refractivity contribution is 5.85. The van der Waals surface area contributed by atoms with Gasteiger partial charge in [0, 0.05) is 32.2 Å². The second kappa shape index (κ2) is 9.20. The van der Waals surface area contributed by atoms with Gasteiger partial charge in [0.25, 0.3) is 0 Å². The van der Waals surface area contributed by atoms with E-state index >= 15 is 0 Å². The van der Waals surface area contributed by atoms with Crippen molar-refractivity contribution in [3.8, 4) is 0 Å². The summed E-state index contributed by atoms with van der Waals surface area (Å²) >= 11 is 0. The van der Waals surface area contributed by atoms with Gasteiger partial charge in [0.2, 0.25) is 0 Å². The molecule has 27 heavy (non-hydrogen) atoms. The Hall–Kier alpha value is -0.700. The van der Waals surface area contributed by atoms with Crippen LogP contribution in [0.25, 0.3) is 0 Å². The minimum atomic E-state index is -4.80. The lowest BCUT2D eigenvalue weighted by atomic mass is 9.94. The van der Waals surface area contributed by atoms with Crippen LogP contribution in [0.1, 0.15) is 42.0 Å². The Labute approximate surface area is 166 Å². The molecule has 1 aliphatic carbocycles. The topological polar surface area (TPSA) is 15.3 Å². The molecule has 1 heterocycles. The summed E-state index contributed by atoms with van der Waals surface area (Å²) < 4.78 is 78.8. The standard InChI is InChI=1S/C17H20F6N2.2ClH/c18-16(19,20)13-8-12(9-14(10-13)17(21,22)23)15(7-11-1-2-11)25-5-3-24-4-6-25;;/h8-11,15,24H,1-7H2;2*1H/t15-;;/m0../s1. The van der Waals surface area contributed by atoms with Crippen molar-refractivity contribution in [2.45, 2.75) is 37.7 Å². The number of benzene rings is 1. The first-order valence-electron chi connectivity index (χ1n) is 8.39. The van der Waals surface area contributed by atoms with Gasteiger partial charge >= 0.3 is 12.4 Å². The smallest absolute Gasteiger partial charge is 0.314 e. The maximum absolute atomic E-state index is 13.1. The Morgan fingerprint density at radius 3 is 1.78 bits per heavy atom. The molecule has 0 unspecified atom stereocenters. The van der Waals surface area contributed by atoms with Crippen molar-refractivity contribution in [3.05, 3.63) is 34.9 Å². The van der Waals surface area contributed by atoms with Crippen molar-refractivity contribution in [2.75, 3.05) is 26.2 Å². The second-order valence-electron chi connectivity index (χ2n) is 6.82. The SMILES string of the molecule is Cl.Cl.FC(F)(F)c1cc([C@H](CC2CC2)N2CCNCC2)cc(C(F)(F)F)c1. The number of nitrogens with one attached hydrogen (secondary N) is 1. The molecule has 1 saturated heterocycles. The molecule has 156 valence electrons. The molecule has 1 aromatic carbocycles. The molecule has 0 aromatic heterocycles. The molecule has 0 radical (unpaired) electrons. The number of rotatable bonds is 4. The van der Waals surface area contributed by atoms with E-state index in [0.29, 0.717) is 38.5 Å². The molecule has 0 spiro atoms. The molecular weight excluding hydrogens is 417 g/mol. The van der Waals surface area contributed by atoms with Gasteiger partial charge in [-0.1, -0.05) is 12.8 Å². The van der Waals surface area contributed by atoms with Crippen LogP contribution in [0, 0.1) is 5.92 Å². The Kier molecular flexibility index (Phi) is 8.29. The second-order valence-corrected chi connectivity index (χ2v) is 6.82. The molecular formula is C17H22Cl2F6N2. The first-order valence-corrected chi connectivity index (χ1v) is 8.39. The highest BCUT2D eigenvalue weighted by atomic mass is 35.5. The average Bonchev–Trinajstić information content (AvgIpc) is 3.35. The van der Waals surface area contributed by atoms with Gasteiger partial charge in [0.15, 0.2) is 0 Å². The highest BCUT2D eigenvalue weighted by Crippen LogP contribution is 2.43. The molecule has 2 fully saturated rings. The van der Waals surface area contributed by atoms with Crippen LogP contribution in [0.4, 0.5) is 26.3 Å². The molecule has 2 nitrogen and oxygen atoms in total. The summed E-state index contributed by atoms with van der Waals surface area (Å²) in [5.41, 5.74) is -2.34. The lowest BCUT2D eigenvalue weighted by Crippen LogP contribution is -2.45. The Balaban J connectivity index is 0.00000182. The fraction of sp³-hybridized carbons (Fsp3) is 0.647. The maximum Gasteiger partial charge on any atom is 0.416 e. The molecule has 1 saturated carbocycles. The predicted molar refractivity (Wildman–Crippen MR) is 95.5 cm³/mol. The van der Waals surface area contributed by atoms with E-state index in [1.165, 1.54) is 0 Å². The maximum atomic E-state index is 13.1. The van der Waals surface area contributed by atoms with E-state index in [1.54, 1.807) is 0 Å². The van der Waals surface area contributed by atoms with Gasteiger partial charge in [-0.3, -0.25) is 4.90 Å². The van der Waals surface area contributed by atoms with Crippen LogP contribution in [0.2, 0.25) is 0 Å². The van der Waals surface area contributed by atoms with Crippen molar-refractivity contribution < 1.29 is 26.3 Å². The van der Waals surface area contributed by atoms with Crippen LogP contribution >= 0.6 is 24.8 Å². The average molecular weight is 439 g/mol. The van der Waals surface area contributed by atoms with E-state index in [2.05, 4.69) is 5.32 Å². The third-order valence-corrected chi connectivity index (χ3v) is 4.84. The van der Waals surface area contributed by atoms with Crippen molar-refractivity contribution in [2.24, 2.45) is 5.92 Å². The van der Waals surface area contributed by atoms with Crippen LogP contribution in [0.5, 0.6) is 0 Å². The Morgan fingerprint density at radius 2 is 1.37 bits per heavy atom. The molecule has 2 aliphatic rings. The van der Waals surface area contributed by atoms with Crippen molar-refractivity contribution in [1.82, 2.24) is 10.2 Å². The van der Waals surface area contributed by atoms with Crippen LogP contribution in [-0.4, -0.2) is 31.1 Å². The summed E-state index contributed by atoms with van der Waals surface area (Å²) in [6, 6.07) is 1.59. The van der Waals surface area contributed by atoms with Crippen molar-refractivity contribution in [1.29, 1.82) is 0 Å². The highest BCUT2D eigenvalue weighted by Gasteiger charge is 2.39. The third kappa shape index (κ3) is 6.41. The van der Waals surface area contributed by atoms with Crippen LogP contribution in [0.15, 0.2) is 18.2 Å². The summed E-state index contributed by atoms with van der Waals surface area (Å²) in [7, 11) is 0. The molecule has 0 amide bonds. The summed E-state index contributed by atoms with van der Waals surface area (Å²) in [6.07, 6.45) is -7.01. The minimum Gasteiger partial charge on any atom is -0.314 e. The molecule has 10 heteroatoms. The van der Waals surface area contributed by atoms with Gasteiger partial charge in [-0.15, -0.1) is 24.8 Å². The number of hydrogen-bond acceptors (Lipinski definition) is 2. The van der Waals surface area contributed by atoms with E-state index in [-0.39, 0.29) is 36.4 Å². The van der Waals surface area contributed by atoms with Gasteiger partial charge < -0.3 is 5.32 Å². The molecule has 1 atom stereocenters. The quantitative estimate of drug-likeness (QED) is 0.640. The zero-order chi connectivity index (χ0) is 18.2. The number of halogens is 8. The van der Waals surface area contributed by atoms with Gasteiger partial charge in [0.1, 0.15) is 0 Å². The molecule has 0 bridgehead atoms. The normalized spacial score (nSPS) is 19.8. The fourth-order valence-electron chi connectivity index (χ4n) is 3.33. The molecule has 1 aliphatic heterocycles. The first-order chi connectivity index (χ1) is 11.6. The lowest BCUT2D eigenvalue weighted by molar-refractivity contribution is -0.143. The van der Waals surface area contributed by atoms with Gasteiger partial charge in [-0.2, -0.15) is 26.3 Å². The van der Waals surface area contributed by atoms with E-state index in [0.717, 1.165) is 25.0 Å². The largest absolute Gasteiger partial charge is 0.416 e. The van der Waals surface area contributed by atoms with E-state index in [4.69, 9.17) is 0 Å². The summed E-state index contributed by atoms with van der Waals surface area (Å²) in [4.78, 5) is 2.00. The zero-order valence-electron chi connectivity index (χ0n) is 14.4. The summed E-state index contributed by atoms with van der Waals surface area (Å²) in [5.74, 6) is 0.392. The van der Waals surface area contributed by atoms with E-state index in [1.807, 2.05) is 4.90 Å². The summed E-state index contributed by atoms with van der Waals surface area (Å²) in [6.45, 7) is 2.61. The van der Waals surface area contributed by atoms with Crippen LogP contribution < -0.4 is 5.32 Å². The van der Waals surface area contributed by atoms with Gasteiger partial charge in [-0.05, 0) is 36.1 Å². The number of hydrogen-bond donors (Lipinski definition) is 1. The fourth-order valence-corrected chi connectivity index (χ4v) is 3.33. The first kappa shape index (κ1) is 24.3. The van der Waals surface area contributed by atoms with Crippen molar-refractivity contribution in [3.63, 3.8) is 0 Å². The Bertz CT molecular complexity index is 578. The van der Waals surface area contributed by atoms with Gasteiger partial charge in [-0.25, -0.2) is 0 Å². The number of nitrogens with zero attached hydrogens (tertiary/aromatic N) is 1. The Morgan fingerprint density at radius 1 is 0.889 bits per heavy atom. The van der Waals surface area contributed by atoms with E-state index in [9.17, 15) is 26.3 Å². The minimum absolute atomic E-state index is 0. The zero-order valence-corrected chi connectivity index (χ0v) is 16.0. The molecule has 1 N–H and O–H groups in total. The lowest BCUT2D eigenvalue weighted by Gasteiger charge is -2.36.